The summed E-state index contributed by atoms with van der Waals surface area (Å²) in [5.74, 6) is -1.73. The summed E-state index contributed by atoms with van der Waals surface area (Å²) in [4.78, 5) is 37.1. The molecular formula is C23H16N2O4. The van der Waals surface area contributed by atoms with Crippen LogP contribution in [0.4, 0.5) is 11.4 Å². The molecule has 3 aromatic carbocycles. The number of nitrogens with one attached hydrogen (secondary N) is 2. The topological polar surface area (TPSA) is 88.4 Å². The van der Waals surface area contributed by atoms with Crippen LogP contribution in [0.1, 0.15) is 21.1 Å². The number of carbonyl (C=O) groups excluding carboxylic acids is 2. The fourth-order valence-corrected chi connectivity index (χ4v) is 2.93. The summed E-state index contributed by atoms with van der Waals surface area (Å²) < 4.78 is 5.41. The van der Waals surface area contributed by atoms with Crippen molar-refractivity contribution >= 4 is 34.0 Å². The third-order valence-electron chi connectivity index (χ3n) is 4.28. The molecule has 2 amide bonds. The predicted molar refractivity (Wildman–Crippen MR) is 111 cm³/mol. The smallest absolute Gasteiger partial charge is 0.291 e. The van der Waals surface area contributed by atoms with Crippen molar-refractivity contribution in [3.8, 4) is 0 Å². The zero-order valence-corrected chi connectivity index (χ0v) is 15.2. The lowest BCUT2D eigenvalue weighted by Gasteiger charge is -2.09. The Morgan fingerprint density at radius 1 is 0.690 bits per heavy atom. The molecule has 0 saturated heterocycles. The summed E-state index contributed by atoms with van der Waals surface area (Å²) in [6.45, 7) is 0. The van der Waals surface area contributed by atoms with Gasteiger partial charge in [0.15, 0.2) is 16.9 Å². The van der Waals surface area contributed by atoms with E-state index in [-0.39, 0.29) is 11.5 Å². The molecule has 0 unspecified atom stereocenters. The average Bonchev–Trinajstić information content (AvgIpc) is 2.74. The molecule has 6 nitrogen and oxygen atoms in total. The number of hydrogen-bond acceptors (Lipinski definition) is 4. The second-order valence-electron chi connectivity index (χ2n) is 6.32. The van der Waals surface area contributed by atoms with Crippen molar-refractivity contribution in [3.05, 3.63) is 107 Å². The number of carbonyl (C=O) groups is 2. The van der Waals surface area contributed by atoms with Gasteiger partial charge in [0, 0.05) is 28.9 Å². The number of anilines is 2. The van der Waals surface area contributed by atoms with Crippen molar-refractivity contribution in [2.75, 3.05) is 10.6 Å². The lowest BCUT2D eigenvalue weighted by atomic mass is 10.1. The van der Waals surface area contributed by atoms with Gasteiger partial charge in [-0.15, -0.1) is 0 Å². The van der Waals surface area contributed by atoms with Crippen LogP contribution in [0.15, 0.2) is 94.1 Å². The SMILES string of the molecule is O=C(Nc1ccccc1)c1cc(=O)cc(C(=O)Nc2cccc3ccccc23)o1. The Morgan fingerprint density at radius 2 is 1.31 bits per heavy atom. The Kier molecular flexibility index (Phi) is 4.90. The first kappa shape index (κ1) is 18.2. The van der Waals surface area contributed by atoms with Crippen LogP contribution in [0.25, 0.3) is 10.8 Å². The van der Waals surface area contributed by atoms with Gasteiger partial charge in [0.1, 0.15) is 0 Å². The van der Waals surface area contributed by atoms with Gasteiger partial charge in [-0.05, 0) is 23.6 Å². The Bertz CT molecular complexity index is 1260. The normalized spacial score (nSPS) is 10.5. The van der Waals surface area contributed by atoms with Crippen molar-refractivity contribution in [1.82, 2.24) is 0 Å². The maximum Gasteiger partial charge on any atom is 0.291 e. The fraction of sp³-hybridized carbons (Fsp3) is 0. The number of para-hydroxylation sites is 1. The van der Waals surface area contributed by atoms with Gasteiger partial charge in [-0.2, -0.15) is 0 Å². The quantitative estimate of drug-likeness (QED) is 0.549. The molecular weight excluding hydrogens is 368 g/mol. The number of benzene rings is 3. The van der Waals surface area contributed by atoms with Gasteiger partial charge in [0.2, 0.25) is 0 Å². The van der Waals surface area contributed by atoms with Gasteiger partial charge in [-0.3, -0.25) is 14.4 Å². The van der Waals surface area contributed by atoms with Crippen LogP contribution < -0.4 is 16.1 Å². The average molecular weight is 384 g/mol. The molecule has 0 aliphatic rings. The first-order valence-corrected chi connectivity index (χ1v) is 8.91. The molecule has 0 spiro atoms. The van der Waals surface area contributed by atoms with E-state index in [0.717, 1.165) is 22.9 Å². The van der Waals surface area contributed by atoms with Crippen LogP contribution in [0.3, 0.4) is 0 Å². The van der Waals surface area contributed by atoms with Gasteiger partial charge in [0.05, 0.1) is 0 Å². The van der Waals surface area contributed by atoms with Gasteiger partial charge in [-0.1, -0.05) is 54.6 Å². The lowest BCUT2D eigenvalue weighted by Crippen LogP contribution is -2.19. The fourth-order valence-electron chi connectivity index (χ4n) is 2.93. The standard InChI is InChI=1S/C23H16N2O4/c26-17-13-20(22(27)24-16-9-2-1-3-10-16)29-21(14-17)23(28)25-19-12-6-8-15-7-4-5-11-18(15)19/h1-14H,(H,24,27)(H,25,28). The van der Waals surface area contributed by atoms with E-state index in [9.17, 15) is 14.4 Å². The maximum atomic E-state index is 12.7. The van der Waals surface area contributed by atoms with Gasteiger partial charge < -0.3 is 15.1 Å². The van der Waals surface area contributed by atoms with Crippen molar-refractivity contribution in [2.24, 2.45) is 0 Å². The van der Waals surface area contributed by atoms with Crippen LogP contribution in [0, 0.1) is 0 Å². The molecule has 29 heavy (non-hydrogen) atoms. The summed E-state index contributed by atoms with van der Waals surface area (Å²) in [6, 6.07) is 23.9. The lowest BCUT2D eigenvalue weighted by molar-refractivity contribution is 0.0967. The molecule has 0 aliphatic heterocycles. The van der Waals surface area contributed by atoms with Crippen LogP contribution >= 0.6 is 0 Å². The van der Waals surface area contributed by atoms with Gasteiger partial charge in [0.25, 0.3) is 11.8 Å². The van der Waals surface area contributed by atoms with Crippen molar-refractivity contribution < 1.29 is 14.0 Å². The number of hydrogen-bond donors (Lipinski definition) is 2. The van der Waals surface area contributed by atoms with Crippen molar-refractivity contribution in [3.63, 3.8) is 0 Å². The summed E-state index contributed by atoms with van der Waals surface area (Å²) in [5.41, 5.74) is 0.623. The molecule has 1 heterocycles. The van der Waals surface area contributed by atoms with Crippen LogP contribution in [0.5, 0.6) is 0 Å². The molecule has 0 fully saturated rings. The molecule has 0 radical (unpaired) electrons. The van der Waals surface area contributed by atoms with E-state index < -0.39 is 17.2 Å². The Morgan fingerprint density at radius 3 is 2.07 bits per heavy atom. The predicted octanol–water partition coefficient (Wildman–Crippen LogP) is 4.30. The molecule has 142 valence electrons. The molecule has 1 aromatic heterocycles. The van der Waals surface area contributed by atoms with Crippen LogP contribution in [-0.2, 0) is 0 Å². The Hall–Kier alpha value is -4.19. The third-order valence-corrected chi connectivity index (χ3v) is 4.28. The first-order valence-electron chi connectivity index (χ1n) is 8.91. The molecule has 2 N–H and O–H groups in total. The summed E-state index contributed by atoms with van der Waals surface area (Å²) in [7, 11) is 0. The highest BCUT2D eigenvalue weighted by molar-refractivity contribution is 6.08. The van der Waals surface area contributed by atoms with Crippen molar-refractivity contribution in [1.29, 1.82) is 0 Å². The molecule has 4 rings (SSSR count). The van der Waals surface area contributed by atoms with E-state index in [0.29, 0.717) is 11.4 Å². The number of rotatable bonds is 4. The third kappa shape index (κ3) is 4.06. The second-order valence-corrected chi connectivity index (χ2v) is 6.32. The minimum absolute atomic E-state index is 0.246. The Labute approximate surface area is 165 Å². The highest BCUT2D eigenvalue weighted by Crippen LogP contribution is 2.23. The highest BCUT2D eigenvalue weighted by Gasteiger charge is 2.17. The van der Waals surface area contributed by atoms with Crippen LogP contribution in [-0.4, -0.2) is 11.8 Å². The van der Waals surface area contributed by atoms with E-state index in [1.54, 1.807) is 30.3 Å². The Balaban J connectivity index is 1.60. The summed E-state index contributed by atoms with van der Waals surface area (Å²) >= 11 is 0. The second kappa shape index (κ2) is 7.82. The summed E-state index contributed by atoms with van der Waals surface area (Å²) in [5, 5.41) is 7.17. The maximum absolute atomic E-state index is 12.7. The van der Waals surface area contributed by atoms with E-state index in [4.69, 9.17) is 4.42 Å². The molecule has 6 heteroatoms. The molecule has 0 atom stereocenters. The van der Waals surface area contributed by atoms with Gasteiger partial charge in [-0.25, -0.2) is 0 Å². The van der Waals surface area contributed by atoms with Gasteiger partial charge >= 0.3 is 0 Å². The first-order chi connectivity index (χ1) is 14.1. The van der Waals surface area contributed by atoms with E-state index in [1.165, 1.54) is 0 Å². The molecule has 0 saturated carbocycles. The van der Waals surface area contributed by atoms with Crippen LogP contribution in [0.2, 0.25) is 0 Å². The zero-order chi connectivity index (χ0) is 20.2. The van der Waals surface area contributed by atoms with Crippen molar-refractivity contribution in [2.45, 2.75) is 0 Å². The largest absolute Gasteiger partial charge is 0.445 e. The minimum Gasteiger partial charge on any atom is -0.445 e. The number of amides is 2. The number of fused-ring (bicyclic) bond motifs is 1. The highest BCUT2D eigenvalue weighted by atomic mass is 16.4. The molecule has 0 aliphatic carbocycles. The van der Waals surface area contributed by atoms with E-state index in [2.05, 4.69) is 10.6 Å². The molecule has 4 aromatic rings. The summed E-state index contributed by atoms with van der Waals surface area (Å²) in [6.07, 6.45) is 0. The van der Waals surface area contributed by atoms with E-state index >= 15 is 0 Å². The minimum atomic E-state index is -0.618. The molecule has 0 bridgehead atoms. The monoisotopic (exact) mass is 384 g/mol. The van der Waals surface area contributed by atoms with E-state index in [1.807, 2.05) is 42.5 Å². The zero-order valence-electron chi connectivity index (χ0n) is 15.2.